The van der Waals surface area contributed by atoms with Gasteiger partial charge in [0.2, 0.25) is 9.84 Å². The van der Waals surface area contributed by atoms with Crippen molar-refractivity contribution in [2.24, 2.45) is 10.8 Å². The van der Waals surface area contributed by atoms with E-state index < -0.39 is 9.84 Å². The molecule has 0 spiro atoms. The van der Waals surface area contributed by atoms with Crippen molar-refractivity contribution in [2.45, 2.75) is 37.0 Å². The number of hydrogen-bond acceptors (Lipinski definition) is 3. The molecule has 0 bridgehead atoms. The Balaban J connectivity index is 1.79. The van der Waals surface area contributed by atoms with Gasteiger partial charge in [0.1, 0.15) is 0 Å². The summed E-state index contributed by atoms with van der Waals surface area (Å²) in [5, 5.41) is 10.0. The minimum atomic E-state index is -3.52. The van der Waals surface area contributed by atoms with E-state index in [4.69, 9.17) is 11.6 Å². The quantitative estimate of drug-likeness (QED) is 0.797. The predicted molar refractivity (Wildman–Crippen MR) is 88.4 cm³/mol. The van der Waals surface area contributed by atoms with Crippen molar-refractivity contribution in [2.75, 3.05) is 0 Å². The summed E-state index contributed by atoms with van der Waals surface area (Å²) < 4.78 is 26.0. The van der Waals surface area contributed by atoms with Gasteiger partial charge in [-0.15, -0.1) is 0 Å². The van der Waals surface area contributed by atoms with E-state index in [1.807, 2.05) is 12.2 Å². The van der Waals surface area contributed by atoms with Crippen LogP contribution in [0.3, 0.4) is 0 Å². The Hall–Kier alpha value is -1.57. The van der Waals surface area contributed by atoms with Crippen LogP contribution in [0.25, 0.3) is 0 Å². The third-order valence-electron chi connectivity index (χ3n) is 5.87. The van der Waals surface area contributed by atoms with E-state index in [1.165, 1.54) is 0 Å². The van der Waals surface area contributed by atoms with Gasteiger partial charge in [-0.05, 0) is 49.9 Å². The molecule has 0 N–H and O–H groups in total. The molecule has 0 heterocycles. The summed E-state index contributed by atoms with van der Waals surface area (Å²) in [7, 11) is -3.52. The number of allylic oxidation sites excluding steroid dienone is 4. The summed E-state index contributed by atoms with van der Waals surface area (Å²) in [5.74, 6) is 0. The van der Waals surface area contributed by atoms with Gasteiger partial charge in [-0.25, -0.2) is 8.42 Å². The Labute approximate surface area is 141 Å². The second kappa shape index (κ2) is 4.72. The highest BCUT2D eigenvalue weighted by Gasteiger charge is 2.62. The largest absolute Gasteiger partial charge is 0.219 e. The Bertz CT molecular complexity index is 892. The van der Waals surface area contributed by atoms with E-state index >= 15 is 0 Å². The molecule has 118 valence electrons. The average molecular weight is 346 g/mol. The van der Waals surface area contributed by atoms with Crippen LogP contribution in [0.4, 0.5) is 0 Å². The SMILES string of the molecule is N#CC1=CCC23C=C(S(=O)(=O)c4ccc(Cl)cc4)CC12CCC3. The highest BCUT2D eigenvalue weighted by Crippen LogP contribution is 2.70. The molecule has 0 radical (unpaired) electrons. The van der Waals surface area contributed by atoms with E-state index in [0.29, 0.717) is 16.3 Å². The van der Waals surface area contributed by atoms with Crippen molar-refractivity contribution in [3.05, 3.63) is 51.9 Å². The topological polar surface area (TPSA) is 57.9 Å². The third-order valence-corrected chi connectivity index (χ3v) is 7.97. The molecule has 1 fully saturated rings. The highest BCUT2D eigenvalue weighted by molar-refractivity contribution is 7.95. The van der Waals surface area contributed by atoms with E-state index in [0.717, 1.165) is 31.3 Å². The van der Waals surface area contributed by atoms with Crippen LogP contribution in [0.15, 0.2) is 51.8 Å². The normalized spacial score (nSPS) is 32.0. The van der Waals surface area contributed by atoms with Crippen molar-refractivity contribution >= 4 is 21.4 Å². The zero-order chi connectivity index (χ0) is 16.3. The van der Waals surface area contributed by atoms with E-state index in [9.17, 15) is 13.7 Å². The van der Waals surface area contributed by atoms with Gasteiger partial charge >= 0.3 is 0 Å². The van der Waals surface area contributed by atoms with Gasteiger partial charge < -0.3 is 0 Å². The minimum absolute atomic E-state index is 0.160. The number of hydrogen-bond donors (Lipinski definition) is 0. The molecule has 0 aliphatic heterocycles. The number of nitrogens with zero attached hydrogens (tertiary/aromatic N) is 1. The first-order chi connectivity index (χ1) is 10.9. The second-order valence-corrected chi connectivity index (χ2v) is 9.21. The summed E-state index contributed by atoms with van der Waals surface area (Å²) >= 11 is 5.86. The van der Waals surface area contributed by atoms with Gasteiger partial charge in [-0.2, -0.15) is 5.26 Å². The Morgan fingerprint density at radius 3 is 2.61 bits per heavy atom. The fraction of sp³-hybridized carbons (Fsp3) is 0.389. The van der Waals surface area contributed by atoms with E-state index in [1.54, 1.807) is 24.3 Å². The van der Waals surface area contributed by atoms with Crippen LogP contribution in [-0.2, 0) is 9.84 Å². The standard InChI is InChI=1S/C18H16ClNO2S/c19-14-2-4-15(5-3-14)23(21,22)16-10-17-7-1-8-18(17,11-16)13(12-20)6-9-17/h2-6,10H,1,7-9,11H2. The molecule has 2 atom stereocenters. The molecule has 5 heteroatoms. The first kappa shape index (κ1) is 15.0. The number of rotatable bonds is 2. The Morgan fingerprint density at radius 1 is 1.17 bits per heavy atom. The number of sulfone groups is 1. The first-order valence-corrected chi connectivity index (χ1v) is 9.63. The molecule has 1 aromatic rings. The van der Waals surface area contributed by atoms with Crippen molar-refractivity contribution in [3.63, 3.8) is 0 Å². The summed E-state index contributed by atoms with van der Waals surface area (Å²) in [6.07, 6.45) is 8.15. The van der Waals surface area contributed by atoms with Crippen LogP contribution in [0.2, 0.25) is 5.02 Å². The highest BCUT2D eigenvalue weighted by atomic mass is 35.5. The third kappa shape index (κ3) is 1.84. The van der Waals surface area contributed by atoms with Crippen molar-refractivity contribution < 1.29 is 8.42 Å². The Kier molecular flexibility index (Phi) is 3.07. The lowest BCUT2D eigenvalue weighted by Crippen LogP contribution is -2.29. The molecule has 3 nitrogen and oxygen atoms in total. The monoisotopic (exact) mass is 345 g/mol. The van der Waals surface area contributed by atoms with Gasteiger partial charge in [-0.3, -0.25) is 0 Å². The summed E-state index contributed by atoms with van der Waals surface area (Å²) in [5.41, 5.74) is 0.344. The molecule has 23 heavy (non-hydrogen) atoms. The lowest BCUT2D eigenvalue weighted by atomic mass is 9.67. The molecule has 0 saturated heterocycles. The van der Waals surface area contributed by atoms with Crippen LogP contribution in [0, 0.1) is 22.2 Å². The summed E-state index contributed by atoms with van der Waals surface area (Å²) in [4.78, 5) is 0.752. The Morgan fingerprint density at radius 2 is 1.91 bits per heavy atom. The molecular formula is C18H16ClNO2S. The van der Waals surface area contributed by atoms with Gasteiger partial charge in [0, 0.05) is 26.3 Å². The zero-order valence-corrected chi connectivity index (χ0v) is 14.1. The summed E-state index contributed by atoms with van der Waals surface area (Å²) in [6.45, 7) is 0. The predicted octanol–water partition coefficient (Wildman–Crippen LogP) is 4.41. The molecule has 3 aliphatic carbocycles. The molecule has 4 rings (SSSR count). The molecule has 0 aromatic heterocycles. The second-order valence-electron chi connectivity index (χ2n) is 6.77. The van der Waals surface area contributed by atoms with Crippen molar-refractivity contribution in [3.8, 4) is 6.07 Å². The van der Waals surface area contributed by atoms with Gasteiger partial charge in [0.15, 0.2) is 0 Å². The van der Waals surface area contributed by atoms with Crippen molar-refractivity contribution in [1.29, 1.82) is 5.26 Å². The number of benzene rings is 1. The fourth-order valence-corrected chi connectivity index (χ4v) is 6.49. The molecule has 0 amide bonds. The molecular weight excluding hydrogens is 330 g/mol. The lowest BCUT2D eigenvalue weighted by Gasteiger charge is -2.34. The van der Waals surface area contributed by atoms with E-state index in [-0.39, 0.29) is 15.7 Å². The van der Waals surface area contributed by atoms with Crippen LogP contribution < -0.4 is 0 Å². The fourth-order valence-electron chi connectivity index (χ4n) is 4.75. The van der Waals surface area contributed by atoms with Gasteiger partial charge in [-0.1, -0.05) is 30.2 Å². The maximum Gasteiger partial charge on any atom is 0.202 e. The number of halogens is 1. The molecule has 3 aliphatic rings. The van der Waals surface area contributed by atoms with Crippen LogP contribution in [-0.4, -0.2) is 8.42 Å². The molecule has 2 unspecified atom stereocenters. The minimum Gasteiger partial charge on any atom is -0.219 e. The van der Waals surface area contributed by atoms with Crippen LogP contribution >= 0.6 is 11.6 Å². The maximum atomic E-state index is 13.0. The van der Waals surface area contributed by atoms with Gasteiger partial charge in [0.05, 0.1) is 11.0 Å². The smallest absolute Gasteiger partial charge is 0.202 e. The lowest BCUT2D eigenvalue weighted by molar-refractivity contribution is 0.222. The summed E-state index contributed by atoms with van der Waals surface area (Å²) in [6, 6.07) is 8.64. The first-order valence-electron chi connectivity index (χ1n) is 7.77. The van der Waals surface area contributed by atoms with E-state index in [2.05, 4.69) is 6.07 Å². The molecule has 1 aromatic carbocycles. The van der Waals surface area contributed by atoms with Crippen molar-refractivity contribution in [1.82, 2.24) is 0 Å². The van der Waals surface area contributed by atoms with Crippen LogP contribution in [0.1, 0.15) is 32.1 Å². The van der Waals surface area contributed by atoms with Gasteiger partial charge in [0.25, 0.3) is 0 Å². The average Bonchev–Trinajstić information content (AvgIpc) is 3.09. The maximum absolute atomic E-state index is 13.0. The van der Waals surface area contributed by atoms with Crippen LogP contribution in [0.5, 0.6) is 0 Å². The number of nitriles is 1. The molecule has 1 saturated carbocycles. The zero-order valence-electron chi connectivity index (χ0n) is 12.5.